The van der Waals surface area contributed by atoms with Crippen LogP contribution in [-0.2, 0) is 65.4 Å². The number of rotatable bonds is 81. The lowest BCUT2D eigenvalue weighted by atomic mass is 10.0. The molecule has 0 saturated carbocycles. The van der Waals surface area contributed by atoms with Crippen LogP contribution < -0.4 is 0 Å². The van der Waals surface area contributed by atoms with Gasteiger partial charge < -0.3 is 33.8 Å². The van der Waals surface area contributed by atoms with E-state index in [9.17, 15) is 43.2 Å². The lowest BCUT2D eigenvalue weighted by molar-refractivity contribution is -0.161. The molecule has 101 heavy (non-hydrogen) atoms. The van der Waals surface area contributed by atoms with Crippen molar-refractivity contribution in [2.75, 3.05) is 39.6 Å². The zero-order valence-corrected chi connectivity index (χ0v) is 68.0. The minimum absolute atomic E-state index is 0.107. The zero-order valence-electron chi connectivity index (χ0n) is 66.2. The van der Waals surface area contributed by atoms with Gasteiger partial charge in [-0.15, -0.1) is 0 Å². The lowest BCUT2D eigenvalue weighted by Crippen LogP contribution is -2.30. The lowest BCUT2D eigenvalue weighted by Gasteiger charge is -2.21. The van der Waals surface area contributed by atoms with Gasteiger partial charge in [-0.3, -0.25) is 37.3 Å². The third kappa shape index (κ3) is 76.1. The second-order valence-electron chi connectivity index (χ2n) is 30.5. The van der Waals surface area contributed by atoms with Crippen LogP contribution in [0.2, 0.25) is 0 Å². The van der Waals surface area contributed by atoms with Crippen LogP contribution in [-0.4, -0.2) is 96.7 Å². The first-order chi connectivity index (χ1) is 48.9. The fraction of sp³-hybridized carbons (Fsp3) is 0.951. The number of esters is 4. The summed E-state index contributed by atoms with van der Waals surface area (Å²) in [5.41, 5.74) is 0. The summed E-state index contributed by atoms with van der Waals surface area (Å²) in [7, 11) is -9.92. The molecule has 0 aromatic rings. The van der Waals surface area contributed by atoms with Gasteiger partial charge in [0, 0.05) is 25.7 Å². The van der Waals surface area contributed by atoms with Gasteiger partial charge in [0.15, 0.2) is 12.2 Å². The van der Waals surface area contributed by atoms with Crippen LogP contribution in [0.4, 0.5) is 0 Å². The normalized spacial score (nSPS) is 13.9. The molecule has 3 N–H and O–H groups in total. The van der Waals surface area contributed by atoms with Crippen LogP contribution >= 0.6 is 15.6 Å². The molecule has 0 heterocycles. The molecule has 0 saturated heterocycles. The summed E-state index contributed by atoms with van der Waals surface area (Å²) in [5.74, 6) is -0.550. The topological polar surface area (TPSA) is 237 Å². The molecule has 0 spiro atoms. The van der Waals surface area contributed by atoms with Crippen LogP contribution in [0.15, 0.2) is 0 Å². The molecule has 0 aliphatic heterocycles. The molecule has 0 aliphatic rings. The van der Waals surface area contributed by atoms with Crippen LogP contribution in [0.3, 0.4) is 0 Å². The Morgan fingerprint density at radius 2 is 0.455 bits per heavy atom. The van der Waals surface area contributed by atoms with Crippen LogP contribution in [0.1, 0.15) is 433 Å². The molecule has 0 aromatic carbocycles. The summed E-state index contributed by atoms with van der Waals surface area (Å²) < 4.78 is 68.8. The summed E-state index contributed by atoms with van der Waals surface area (Å²) >= 11 is 0. The van der Waals surface area contributed by atoms with E-state index in [-0.39, 0.29) is 25.7 Å². The van der Waals surface area contributed by atoms with Gasteiger partial charge in [0.25, 0.3) is 0 Å². The van der Waals surface area contributed by atoms with Crippen molar-refractivity contribution >= 4 is 39.5 Å². The first-order valence-corrected chi connectivity index (χ1v) is 45.5. The largest absolute Gasteiger partial charge is 0.472 e. The minimum Gasteiger partial charge on any atom is -0.462 e. The Morgan fingerprint density at radius 3 is 0.673 bits per heavy atom. The number of ether oxygens (including phenoxy) is 4. The number of aliphatic hydroxyl groups is 1. The van der Waals surface area contributed by atoms with E-state index in [0.29, 0.717) is 25.7 Å². The summed E-state index contributed by atoms with van der Waals surface area (Å²) in [4.78, 5) is 73.1. The molecule has 19 heteroatoms. The second kappa shape index (κ2) is 73.6. The van der Waals surface area contributed by atoms with E-state index in [2.05, 4.69) is 41.5 Å². The molecule has 0 aliphatic carbocycles. The SMILES string of the molecule is CCCCCCCCCCCCCCCCCCCC(=O)OC[C@H](COP(=O)(O)OC[C@@H](O)COP(=O)(O)OC[C@@H](COC(=O)CCCCCCCCCCCCCCC)OC(=O)CCCCCCCCCCCCC(C)C)OC(=O)CCCCCCCCCCCCCCCCCC(C)C. The van der Waals surface area contributed by atoms with Crippen molar-refractivity contribution in [2.24, 2.45) is 11.8 Å². The zero-order chi connectivity index (χ0) is 74.2. The third-order valence-electron chi connectivity index (χ3n) is 19.2. The predicted molar refractivity (Wildman–Crippen MR) is 414 cm³/mol. The van der Waals surface area contributed by atoms with Crippen LogP contribution in [0.25, 0.3) is 0 Å². The number of carbonyl (C=O) groups excluding carboxylic acids is 4. The average Bonchev–Trinajstić information content (AvgIpc) is 0.959. The Bertz CT molecular complexity index is 1940. The van der Waals surface area contributed by atoms with E-state index in [0.717, 1.165) is 102 Å². The van der Waals surface area contributed by atoms with Crippen molar-refractivity contribution in [1.82, 2.24) is 0 Å². The highest BCUT2D eigenvalue weighted by Gasteiger charge is 2.30. The maximum absolute atomic E-state index is 13.1. The molecule has 0 amide bonds. The first-order valence-electron chi connectivity index (χ1n) is 42.5. The third-order valence-corrected chi connectivity index (χ3v) is 21.1. The molecule has 0 aromatic heterocycles. The molecule has 0 fully saturated rings. The van der Waals surface area contributed by atoms with Gasteiger partial charge in [-0.05, 0) is 37.5 Å². The predicted octanol–water partition coefficient (Wildman–Crippen LogP) is 24.7. The maximum Gasteiger partial charge on any atom is 0.472 e. The fourth-order valence-electron chi connectivity index (χ4n) is 12.7. The Kier molecular flexibility index (Phi) is 72.2. The molecule has 0 bridgehead atoms. The molecule has 17 nitrogen and oxygen atoms in total. The molecule has 600 valence electrons. The minimum atomic E-state index is -4.96. The molecule has 2 unspecified atom stereocenters. The maximum atomic E-state index is 13.1. The molecular weight excluding hydrogens is 1320 g/mol. The van der Waals surface area contributed by atoms with E-state index < -0.39 is 97.5 Å². The monoisotopic (exact) mass is 1480 g/mol. The van der Waals surface area contributed by atoms with Crippen LogP contribution in [0, 0.1) is 11.8 Å². The summed E-state index contributed by atoms with van der Waals surface area (Å²) in [6.45, 7) is 9.67. The van der Waals surface area contributed by atoms with Gasteiger partial charge in [0.05, 0.1) is 26.4 Å². The molecule has 0 rings (SSSR count). The number of hydrogen-bond donors (Lipinski definition) is 3. The van der Waals surface area contributed by atoms with Gasteiger partial charge in [-0.25, -0.2) is 9.13 Å². The van der Waals surface area contributed by atoms with Gasteiger partial charge in [-0.1, -0.05) is 382 Å². The van der Waals surface area contributed by atoms with Crippen molar-refractivity contribution in [3.63, 3.8) is 0 Å². The van der Waals surface area contributed by atoms with E-state index in [1.165, 1.54) is 250 Å². The van der Waals surface area contributed by atoms with E-state index in [1.54, 1.807) is 0 Å². The number of hydrogen-bond acceptors (Lipinski definition) is 15. The number of carbonyl (C=O) groups is 4. The van der Waals surface area contributed by atoms with Crippen molar-refractivity contribution < 1.29 is 80.2 Å². The highest BCUT2D eigenvalue weighted by molar-refractivity contribution is 7.47. The molecule has 5 atom stereocenters. The average molecular weight is 1480 g/mol. The number of unbranched alkanes of at least 4 members (excludes halogenated alkanes) is 51. The molecule has 0 radical (unpaired) electrons. The van der Waals surface area contributed by atoms with E-state index in [1.807, 2.05) is 0 Å². The summed E-state index contributed by atoms with van der Waals surface area (Å²) in [6, 6.07) is 0. The van der Waals surface area contributed by atoms with Crippen molar-refractivity contribution in [3.05, 3.63) is 0 Å². The van der Waals surface area contributed by atoms with Gasteiger partial charge in [0.1, 0.15) is 19.3 Å². The standard InChI is InChI=1S/C82H160O17P2/c1-7-9-11-13-15-17-19-21-22-23-26-30-34-41-47-53-59-65-80(85)93-70-77(98-81(86)66-60-54-48-42-35-31-27-24-25-29-32-38-44-50-56-62-74(3)4)72-96-100(88,89)94-68-76(83)69-95-101(90,91)97-73-78(99-82(87)67-61-55-49-43-37-36-39-45-51-57-63-75(5)6)71-92-79(84)64-58-52-46-40-33-28-20-18-16-14-12-10-8-2/h74-78,83H,7-73H2,1-6H3,(H,88,89)(H,90,91)/t76-,77-,78-/m1/s1. The highest BCUT2D eigenvalue weighted by Crippen LogP contribution is 2.45. The van der Waals surface area contributed by atoms with E-state index in [4.69, 9.17) is 37.0 Å². The first kappa shape index (κ1) is 99.1. The van der Waals surface area contributed by atoms with E-state index >= 15 is 0 Å². The molecular formula is C82H160O17P2. The second-order valence-corrected chi connectivity index (χ2v) is 33.4. The fourth-order valence-corrected chi connectivity index (χ4v) is 14.3. The number of phosphoric acid groups is 2. The van der Waals surface area contributed by atoms with Gasteiger partial charge in [-0.2, -0.15) is 0 Å². The smallest absolute Gasteiger partial charge is 0.462 e. The van der Waals surface area contributed by atoms with Crippen molar-refractivity contribution in [3.8, 4) is 0 Å². The number of aliphatic hydroxyl groups excluding tert-OH is 1. The quantitative estimate of drug-likeness (QED) is 0.0222. The Hall–Kier alpha value is -1.94. The Morgan fingerprint density at radius 1 is 0.267 bits per heavy atom. The summed E-state index contributed by atoms with van der Waals surface area (Å²) in [6.07, 6.45) is 63.7. The highest BCUT2D eigenvalue weighted by atomic mass is 31.2. The Labute approximate surface area is 619 Å². The van der Waals surface area contributed by atoms with Gasteiger partial charge in [0.2, 0.25) is 0 Å². The van der Waals surface area contributed by atoms with Gasteiger partial charge >= 0.3 is 39.5 Å². The Balaban J connectivity index is 5.26. The van der Waals surface area contributed by atoms with Crippen molar-refractivity contribution in [1.29, 1.82) is 0 Å². The van der Waals surface area contributed by atoms with Crippen molar-refractivity contribution in [2.45, 2.75) is 452 Å². The van der Waals surface area contributed by atoms with Crippen LogP contribution in [0.5, 0.6) is 0 Å². The number of phosphoric ester groups is 2. The summed E-state index contributed by atoms with van der Waals surface area (Å²) in [5, 5.41) is 10.7.